The quantitative estimate of drug-likeness (QED) is 0.365. The second kappa shape index (κ2) is 9.81. The Morgan fingerprint density at radius 1 is 1.18 bits per heavy atom. The fourth-order valence-electron chi connectivity index (χ4n) is 3.82. The average Bonchev–Trinajstić information content (AvgIpc) is 2.98. The third kappa shape index (κ3) is 5.45. The standard InChI is InChI=1S/C22H24Cl2N6O3S/c1-3-4-16-19(23)27-22(25)28-21(16)30-7-8-33-18-6-5-13(9-15(18)12-30)14-10-17(20(24)26-11-14)29-34(2,31)32/h5-6,9-11,29H,3-4,7-8,12H2,1-2H3,(H2,25,27,28). The van der Waals surface area contributed by atoms with Crippen LogP contribution in [0.1, 0.15) is 24.5 Å². The molecule has 3 heterocycles. The molecular weight excluding hydrogens is 499 g/mol. The van der Waals surface area contributed by atoms with E-state index in [-0.39, 0.29) is 16.8 Å². The van der Waals surface area contributed by atoms with Gasteiger partial charge in [0.2, 0.25) is 16.0 Å². The van der Waals surface area contributed by atoms with Gasteiger partial charge in [-0.3, -0.25) is 4.72 Å². The second-order valence-electron chi connectivity index (χ2n) is 7.95. The highest BCUT2D eigenvalue weighted by molar-refractivity contribution is 7.92. The number of nitrogens with zero attached hydrogens (tertiary/aromatic N) is 4. The Morgan fingerprint density at radius 2 is 1.97 bits per heavy atom. The van der Waals surface area contributed by atoms with Crippen molar-refractivity contribution in [1.29, 1.82) is 0 Å². The fraction of sp³-hybridized carbons (Fsp3) is 0.318. The normalized spacial score (nSPS) is 13.7. The van der Waals surface area contributed by atoms with Crippen LogP contribution >= 0.6 is 23.2 Å². The van der Waals surface area contributed by atoms with Crippen LogP contribution in [0.4, 0.5) is 17.5 Å². The van der Waals surface area contributed by atoms with E-state index < -0.39 is 10.0 Å². The van der Waals surface area contributed by atoms with Crippen LogP contribution in [0.5, 0.6) is 5.75 Å². The molecule has 4 rings (SSSR count). The van der Waals surface area contributed by atoms with Crippen LogP contribution < -0.4 is 20.1 Å². The number of ether oxygens (including phenoxy) is 1. The average molecular weight is 523 g/mol. The van der Waals surface area contributed by atoms with Gasteiger partial charge in [-0.15, -0.1) is 0 Å². The molecule has 2 aromatic heterocycles. The van der Waals surface area contributed by atoms with Crippen molar-refractivity contribution in [2.75, 3.05) is 34.8 Å². The minimum atomic E-state index is -3.51. The highest BCUT2D eigenvalue weighted by Crippen LogP contribution is 2.34. The van der Waals surface area contributed by atoms with Crippen LogP contribution in [-0.2, 0) is 23.0 Å². The maximum absolute atomic E-state index is 11.7. The molecule has 1 aromatic carbocycles. The molecule has 0 atom stereocenters. The maximum atomic E-state index is 11.7. The van der Waals surface area contributed by atoms with Crippen LogP contribution in [0.2, 0.25) is 10.3 Å². The lowest BCUT2D eigenvalue weighted by Gasteiger charge is -2.24. The number of pyridine rings is 1. The van der Waals surface area contributed by atoms with E-state index in [1.54, 1.807) is 12.3 Å². The van der Waals surface area contributed by atoms with Gasteiger partial charge in [0.25, 0.3) is 0 Å². The summed E-state index contributed by atoms with van der Waals surface area (Å²) >= 11 is 12.5. The van der Waals surface area contributed by atoms with E-state index in [2.05, 4.69) is 31.5 Å². The number of hydrogen-bond donors (Lipinski definition) is 2. The molecule has 0 unspecified atom stereocenters. The van der Waals surface area contributed by atoms with Crippen LogP contribution in [-0.4, -0.2) is 42.8 Å². The zero-order valence-corrected chi connectivity index (χ0v) is 21.0. The van der Waals surface area contributed by atoms with Crippen molar-refractivity contribution >= 4 is 50.7 Å². The summed E-state index contributed by atoms with van der Waals surface area (Å²) in [5.74, 6) is 1.58. The number of aromatic nitrogens is 3. The summed E-state index contributed by atoms with van der Waals surface area (Å²) < 4.78 is 31.7. The molecule has 9 nitrogen and oxygen atoms in total. The van der Waals surface area contributed by atoms with Crippen LogP contribution in [0.3, 0.4) is 0 Å². The van der Waals surface area contributed by atoms with Crippen LogP contribution in [0.25, 0.3) is 11.1 Å². The van der Waals surface area contributed by atoms with Crippen LogP contribution in [0, 0.1) is 0 Å². The van der Waals surface area contributed by atoms with Gasteiger partial charge in [-0.2, -0.15) is 4.98 Å². The maximum Gasteiger partial charge on any atom is 0.229 e. The van der Waals surface area contributed by atoms with Crippen molar-refractivity contribution in [3.8, 4) is 16.9 Å². The highest BCUT2D eigenvalue weighted by Gasteiger charge is 2.22. The lowest BCUT2D eigenvalue weighted by Crippen LogP contribution is -2.28. The molecule has 1 aliphatic rings. The number of nitrogen functional groups attached to an aromatic ring is 1. The summed E-state index contributed by atoms with van der Waals surface area (Å²) in [5.41, 5.74) is 9.44. The largest absolute Gasteiger partial charge is 0.491 e. The smallest absolute Gasteiger partial charge is 0.229 e. The van der Waals surface area contributed by atoms with Crippen molar-refractivity contribution in [3.63, 3.8) is 0 Å². The van der Waals surface area contributed by atoms with Gasteiger partial charge < -0.3 is 15.4 Å². The molecule has 0 radical (unpaired) electrons. The predicted octanol–water partition coefficient (Wildman–Crippen LogP) is 4.15. The molecule has 0 bridgehead atoms. The highest BCUT2D eigenvalue weighted by atomic mass is 35.5. The molecule has 0 saturated heterocycles. The summed E-state index contributed by atoms with van der Waals surface area (Å²) in [6, 6.07) is 7.42. The zero-order valence-electron chi connectivity index (χ0n) is 18.7. The molecule has 3 N–H and O–H groups in total. The van der Waals surface area contributed by atoms with Gasteiger partial charge in [0.05, 0.1) is 18.5 Å². The number of halogens is 2. The summed E-state index contributed by atoms with van der Waals surface area (Å²) in [6.07, 6.45) is 4.27. The minimum absolute atomic E-state index is 0.0696. The molecule has 180 valence electrons. The first kappa shape index (κ1) is 24.3. The van der Waals surface area contributed by atoms with Gasteiger partial charge >= 0.3 is 0 Å². The van der Waals surface area contributed by atoms with Gasteiger partial charge in [-0.05, 0) is 30.2 Å². The summed E-state index contributed by atoms with van der Waals surface area (Å²) in [5, 5.41) is 0.432. The van der Waals surface area contributed by atoms with Crippen molar-refractivity contribution in [2.45, 2.75) is 26.3 Å². The summed E-state index contributed by atoms with van der Waals surface area (Å²) in [4.78, 5) is 14.8. The zero-order chi connectivity index (χ0) is 24.5. The first-order valence-electron chi connectivity index (χ1n) is 10.6. The van der Waals surface area contributed by atoms with Crippen molar-refractivity contribution in [3.05, 3.63) is 51.9 Å². The monoisotopic (exact) mass is 522 g/mol. The van der Waals surface area contributed by atoms with Crippen molar-refractivity contribution < 1.29 is 13.2 Å². The Bertz CT molecular complexity index is 1340. The molecule has 1 aliphatic heterocycles. The van der Waals surface area contributed by atoms with E-state index in [1.165, 1.54) is 0 Å². The van der Waals surface area contributed by atoms with Gasteiger partial charge in [0.1, 0.15) is 23.3 Å². The third-order valence-electron chi connectivity index (χ3n) is 5.26. The molecule has 0 fully saturated rings. The van der Waals surface area contributed by atoms with E-state index in [1.807, 2.05) is 18.2 Å². The van der Waals surface area contributed by atoms with Crippen molar-refractivity contribution in [1.82, 2.24) is 15.0 Å². The first-order chi connectivity index (χ1) is 16.1. The number of benzene rings is 1. The Balaban J connectivity index is 1.71. The molecule has 0 amide bonds. The molecule has 0 spiro atoms. The van der Waals surface area contributed by atoms with E-state index in [9.17, 15) is 8.42 Å². The summed E-state index contributed by atoms with van der Waals surface area (Å²) in [6.45, 7) is 3.64. The number of sulfonamides is 1. The lowest BCUT2D eigenvalue weighted by molar-refractivity contribution is 0.331. The minimum Gasteiger partial charge on any atom is -0.491 e. The summed E-state index contributed by atoms with van der Waals surface area (Å²) in [7, 11) is -3.51. The predicted molar refractivity (Wildman–Crippen MR) is 135 cm³/mol. The number of anilines is 3. The SMILES string of the molecule is CCCc1c(Cl)nc(N)nc1N1CCOc2ccc(-c3cnc(Cl)c(NS(C)(=O)=O)c3)cc2C1. The molecular formula is C22H24Cl2N6O3S. The Hall–Kier alpha value is -2.82. The van der Waals surface area contributed by atoms with Crippen molar-refractivity contribution in [2.24, 2.45) is 0 Å². The second-order valence-corrected chi connectivity index (χ2v) is 10.4. The molecule has 0 saturated carbocycles. The molecule has 0 aliphatic carbocycles. The number of nitrogens with two attached hydrogens (primary N) is 1. The Morgan fingerprint density at radius 3 is 2.71 bits per heavy atom. The molecule has 3 aromatic rings. The Labute approximate surface area is 208 Å². The number of hydrogen-bond acceptors (Lipinski definition) is 8. The van der Waals surface area contributed by atoms with E-state index in [0.717, 1.165) is 41.5 Å². The fourth-order valence-corrected chi connectivity index (χ4v) is 4.85. The Kier molecular flexibility index (Phi) is 7.01. The number of rotatable bonds is 6. The topological polar surface area (TPSA) is 123 Å². The molecule has 34 heavy (non-hydrogen) atoms. The lowest BCUT2D eigenvalue weighted by atomic mass is 10.0. The first-order valence-corrected chi connectivity index (χ1v) is 13.3. The van der Waals surface area contributed by atoms with Gasteiger partial charge in [0.15, 0.2) is 5.15 Å². The van der Waals surface area contributed by atoms with E-state index in [0.29, 0.717) is 36.2 Å². The van der Waals surface area contributed by atoms with E-state index in [4.69, 9.17) is 33.7 Å². The van der Waals surface area contributed by atoms with Gasteiger partial charge in [0, 0.05) is 29.4 Å². The molecule has 12 heteroatoms. The number of fused-ring (bicyclic) bond motifs is 1. The third-order valence-corrected chi connectivity index (χ3v) is 6.46. The van der Waals surface area contributed by atoms with Gasteiger partial charge in [-0.1, -0.05) is 42.6 Å². The van der Waals surface area contributed by atoms with E-state index >= 15 is 0 Å². The van der Waals surface area contributed by atoms with Crippen LogP contribution in [0.15, 0.2) is 30.5 Å². The number of nitrogens with one attached hydrogen (secondary N) is 1. The van der Waals surface area contributed by atoms with Gasteiger partial charge in [-0.25, -0.2) is 18.4 Å².